The molecule has 0 unspecified atom stereocenters. The molecular formula is C18H14N2O3. The minimum Gasteiger partial charge on any atom is -0.479 e. The first kappa shape index (κ1) is 14.7. The number of carbonyl (C=O) groups excluding carboxylic acids is 1. The monoisotopic (exact) mass is 306 g/mol. The molecule has 1 aromatic carbocycles. The Morgan fingerprint density at radius 2 is 2.13 bits per heavy atom. The molecule has 1 N–H and O–H groups in total. The number of carbonyl (C=O) groups is 1. The first-order valence-corrected chi connectivity index (χ1v) is 7.08. The van der Waals surface area contributed by atoms with Gasteiger partial charge in [0, 0.05) is 11.6 Å². The van der Waals surface area contributed by atoms with E-state index in [0.29, 0.717) is 11.3 Å². The van der Waals surface area contributed by atoms with Gasteiger partial charge in [0.1, 0.15) is 17.9 Å². The van der Waals surface area contributed by atoms with Crippen LogP contribution in [0, 0.1) is 11.8 Å². The molecule has 0 aliphatic heterocycles. The second-order valence-electron chi connectivity index (χ2n) is 4.66. The molecule has 0 aliphatic rings. The first-order chi connectivity index (χ1) is 11.3. The minimum absolute atomic E-state index is 0.228. The van der Waals surface area contributed by atoms with Crippen LogP contribution < -0.4 is 10.1 Å². The molecular weight excluding hydrogens is 292 g/mol. The summed E-state index contributed by atoms with van der Waals surface area (Å²) in [5, 5.41) is 3.58. The van der Waals surface area contributed by atoms with Gasteiger partial charge in [0.2, 0.25) is 0 Å². The molecule has 0 spiro atoms. The van der Waals surface area contributed by atoms with Crippen molar-refractivity contribution < 1.29 is 13.9 Å². The SMILES string of the molecule is O=C(NCC#CCOc1cccnc1)c1cc2ccccc2o1. The molecule has 2 heterocycles. The van der Waals surface area contributed by atoms with Crippen molar-refractivity contribution >= 4 is 16.9 Å². The van der Waals surface area contributed by atoms with E-state index in [2.05, 4.69) is 22.1 Å². The van der Waals surface area contributed by atoms with E-state index < -0.39 is 0 Å². The van der Waals surface area contributed by atoms with Gasteiger partial charge in [-0.1, -0.05) is 30.0 Å². The van der Waals surface area contributed by atoms with Crippen LogP contribution in [0.3, 0.4) is 0 Å². The van der Waals surface area contributed by atoms with E-state index in [0.717, 1.165) is 5.39 Å². The lowest BCUT2D eigenvalue weighted by Gasteiger charge is -1.99. The number of para-hydroxylation sites is 1. The maximum Gasteiger partial charge on any atom is 0.287 e. The summed E-state index contributed by atoms with van der Waals surface area (Å²) in [4.78, 5) is 15.9. The van der Waals surface area contributed by atoms with E-state index in [1.165, 1.54) is 0 Å². The zero-order valence-electron chi connectivity index (χ0n) is 12.3. The number of ether oxygens (including phenoxy) is 1. The normalized spacial score (nSPS) is 9.91. The molecule has 0 bridgehead atoms. The molecule has 0 atom stereocenters. The smallest absolute Gasteiger partial charge is 0.287 e. The summed E-state index contributed by atoms with van der Waals surface area (Å²) in [7, 11) is 0. The standard InChI is InChI=1S/C18H14N2O3/c21-18(17-12-14-6-1-2-8-16(14)23-17)20-10-3-4-11-22-15-7-5-9-19-13-15/h1-2,5-9,12-13H,10-11H2,(H,20,21). The lowest BCUT2D eigenvalue weighted by atomic mass is 10.2. The molecule has 114 valence electrons. The van der Waals surface area contributed by atoms with Crippen LogP contribution in [-0.4, -0.2) is 24.0 Å². The molecule has 2 aromatic heterocycles. The second kappa shape index (κ2) is 7.14. The molecule has 0 saturated heterocycles. The van der Waals surface area contributed by atoms with Crippen LogP contribution in [0.25, 0.3) is 11.0 Å². The number of benzene rings is 1. The number of nitrogens with one attached hydrogen (secondary N) is 1. The Morgan fingerprint density at radius 3 is 2.96 bits per heavy atom. The van der Waals surface area contributed by atoms with Gasteiger partial charge in [0.05, 0.1) is 12.7 Å². The van der Waals surface area contributed by atoms with E-state index in [4.69, 9.17) is 9.15 Å². The summed E-state index contributed by atoms with van der Waals surface area (Å²) in [6.45, 7) is 0.471. The second-order valence-corrected chi connectivity index (χ2v) is 4.66. The van der Waals surface area contributed by atoms with Crippen molar-refractivity contribution in [3.8, 4) is 17.6 Å². The maximum absolute atomic E-state index is 12.0. The number of amides is 1. The van der Waals surface area contributed by atoms with Gasteiger partial charge in [-0.2, -0.15) is 0 Å². The van der Waals surface area contributed by atoms with Crippen LogP contribution in [0.15, 0.2) is 59.3 Å². The third kappa shape index (κ3) is 3.89. The van der Waals surface area contributed by atoms with Crippen molar-refractivity contribution in [3.05, 3.63) is 60.6 Å². The van der Waals surface area contributed by atoms with Gasteiger partial charge in [-0.3, -0.25) is 9.78 Å². The van der Waals surface area contributed by atoms with Gasteiger partial charge < -0.3 is 14.5 Å². The van der Waals surface area contributed by atoms with Crippen LogP contribution in [0.1, 0.15) is 10.6 Å². The Kier molecular flexibility index (Phi) is 4.55. The van der Waals surface area contributed by atoms with Gasteiger partial charge in [-0.05, 0) is 24.3 Å². The highest BCUT2D eigenvalue weighted by atomic mass is 16.5. The van der Waals surface area contributed by atoms with E-state index in [-0.39, 0.29) is 24.8 Å². The molecule has 0 fully saturated rings. The number of nitrogens with zero attached hydrogens (tertiary/aromatic N) is 1. The van der Waals surface area contributed by atoms with Crippen LogP contribution in [-0.2, 0) is 0 Å². The van der Waals surface area contributed by atoms with Gasteiger partial charge >= 0.3 is 0 Å². The molecule has 0 saturated carbocycles. The average Bonchev–Trinajstić information content (AvgIpc) is 3.03. The molecule has 23 heavy (non-hydrogen) atoms. The number of hydrogen-bond acceptors (Lipinski definition) is 4. The zero-order valence-corrected chi connectivity index (χ0v) is 12.3. The summed E-state index contributed by atoms with van der Waals surface area (Å²) in [5.41, 5.74) is 0.689. The molecule has 5 heteroatoms. The summed E-state index contributed by atoms with van der Waals surface area (Å²) < 4.78 is 10.8. The van der Waals surface area contributed by atoms with E-state index in [1.54, 1.807) is 30.6 Å². The third-order valence-corrected chi connectivity index (χ3v) is 3.06. The summed E-state index contributed by atoms with van der Waals surface area (Å²) in [6, 6.07) is 12.8. The predicted molar refractivity (Wildman–Crippen MR) is 86.1 cm³/mol. The number of aromatic nitrogens is 1. The van der Waals surface area contributed by atoms with Gasteiger partial charge in [0.25, 0.3) is 5.91 Å². The van der Waals surface area contributed by atoms with Crippen LogP contribution in [0.2, 0.25) is 0 Å². The molecule has 0 radical (unpaired) electrons. The highest BCUT2D eigenvalue weighted by Gasteiger charge is 2.10. The molecule has 3 rings (SSSR count). The zero-order chi connectivity index (χ0) is 15.9. The predicted octanol–water partition coefficient (Wildman–Crippen LogP) is 2.64. The number of rotatable bonds is 4. The summed E-state index contributed by atoms with van der Waals surface area (Å²) in [6.07, 6.45) is 3.29. The van der Waals surface area contributed by atoms with E-state index >= 15 is 0 Å². The Labute approximate surface area is 133 Å². The van der Waals surface area contributed by atoms with Crippen LogP contribution in [0.4, 0.5) is 0 Å². The number of hydrogen-bond donors (Lipinski definition) is 1. The lowest BCUT2D eigenvalue weighted by molar-refractivity contribution is 0.0933. The van der Waals surface area contributed by atoms with Crippen molar-refractivity contribution in [2.45, 2.75) is 0 Å². The van der Waals surface area contributed by atoms with Crippen molar-refractivity contribution in [2.24, 2.45) is 0 Å². The Morgan fingerprint density at radius 1 is 1.22 bits per heavy atom. The third-order valence-electron chi connectivity index (χ3n) is 3.06. The van der Waals surface area contributed by atoms with Gasteiger partial charge in [0.15, 0.2) is 5.76 Å². The van der Waals surface area contributed by atoms with E-state index in [9.17, 15) is 4.79 Å². The average molecular weight is 306 g/mol. The Bertz CT molecular complexity index is 827. The van der Waals surface area contributed by atoms with Gasteiger partial charge in [-0.15, -0.1) is 0 Å². The molecule has 5 nitrogen and oxygen atoms in total. The van der Waals surface area contributed by atoms with Crippen molar-refractivity contribution in [3.63, 3.8) is 0 Å². The first-order valence-electron chi connectivity index (χ1n) is 7.08. The van der Waals surface area contributed by atoms with Crippen molar-refractivity contribution in [2.75, 3.05) is 13.2 Å². The summed E-state index contributed by atoms with van der Waals surface area (Å²) >= 11 is 0. The Balaban J connectivity index is 1.47. The maximum atomic E-state index is 12.0. The van der Waals surface area contributed by atoms with Crippen LogP contribution in [0.5, 0.6) is 5.75 Å². The Hall–Kier alpha value is -3.26. The van der Waals surface area contributed by atoms with Gasteiger partial charge in [-0.25, -0.2) is 0 Å². The minimum atomic E-state index is -0.288. The van der Waals surface area contributed by atoms with Crippen LogP contribution >= 0.6 is 0 Å². The summed E-state index contributed by atoms with van der Waals surface area (Å²) in [5.74, 6) is 6.29. The highest BCUT2D eigenvalue weighted by molar-refractivity contribution is 5.96. The van der Waals surface area contributed by atoms with E-state index in [1.807, 2.05) is 24.3 Å². The quantitative estimate of drug-likeness (QED) is 0.753. The van der Waals surface area contributed by atoms with Crippen molar-refractivity contribution in [1.29, 1.82) is 0 Å². The fraction of sp³-hybridized carbons (Fsp3) is 0.111. The fourth-order valence-corrected chi connectivity index (χ4v) is 1.97. The topological polar surface area (TPSA) is 64.4 Å². The number of furan rings is 1. The molecule has 1 amide bonds. The highest BCUT2D eigenvalue weighted by Crippen LogP contribution is 2.18. The fourth-order valence-electron chi connectivity index (χ4n) is 1.97. The lowest BCUT2D eigenvalue weighted by Crippen LogP contribution is -2.23. The van der Waals surface area contributed by atoms with Crippen molar-refractivity contribution in [1.82, 2.24) is 10.3 Å². The molecule has 3 aromatic rings. The molecule has 0 aliphatic carbocycles. The number of fused-ring (bicyclic) bond motifs is 1. The largest absolute Gasteiger partial charge is 0.479 e. The number of pyridine rings is 1.